The maximum Gasteiger partial charge on any atom is 0.302 e. The number of guanidine groups is 1. The summed E-state index contributed by atoms with van der Waals surface area (Å²) in [7, 11) is 0. The fraction of sp³-hybridized carbons (Fsp3) is 0.435. The Labute approximate surface area is 213 Å². The normalized spacial score (nSPS) is 18.5. The van der Waals surface area contributed by atoms with Gasteiger partial charge in [0.25, 0.3) is 5.91 Å². The molecular formula is C23H29ClN8O4. The summed E-state index contributed by atoms with van der Waals surface area (Å²) >= 11 is 5.83. The van der Waals surface area contributed by atoms with Crippen LogP contribution in [0.5, 0.6) is 5.75 Å². The number of halogens is 1. The maximum absolute atomic E-state index is 12.4. The van der Waals surface area contributed by atoms with Crippen LogP contribution in [0.1, 0.15) is 28.9 Å². The molecule has 4 rings (SSSR count). The van der Waals surface area contributed by atoms with Crippen LogP contribution in [0.15, 0.2) is 29.3 Å². The topological polar surface area (TPSA) is 170 Å². The minimum atomic E-state index is -0.661. The first-order chi connectivity index (χ1) is 17.4. The molecule has 2 saturated heterocycles. The van der Waals surface area contributed by atoms with Crippen molar-refractivity contribution in [3.05, 3.63) is 40.7 Å². The van der Waals surface area contributed by atoms with Crippen LogP contribution >= 0.6 is 11.6 Å². The molecule has 1 aromatic heterocycles. The molecule has 13 heteroatoms. The first kappa shape index (κ1) is 25.5. The van der Waals surface area contributed by atoms with E-state index < -0.39 is 5.91 Å². The highest BCUT2D eigenvalue weighted by Gasteiger charge is 2.22. The summed E-state index contributed by atoms with van der Waals surface area (Å²) in [6.45, 7) is 3.02. The molecular weight excluding hydrogens is 488 g/mol. The van der Waals surface area contributed by atoms with Crippen LogP contribution in [0.4, 0.5) is 11.6 Å². The Morgan fingerprint density at radius 2 is 1.92 bits per heavy atom. The first-order valence-corrected chi connectivity index (χ1v) is 12.1. The third-order valence-corrected chi connectivity index (χ3v) is 6.12. The van der Waals surface area contributed by atoms with Crippen LogP contribution in [0.25, 0.3) is 0 Å². The van der Waals surface area contributed by atoms with Crippen LogP contribution in [-0.2, 0) is 16.0 Å². The zero-order valence-electron chi connectivity index (χ0n) is 19.7. The van der Waals surface area contributed by atoms with E-state index in [1.54, 1.807) is 4.90 Å². The number of ether oxygens (including phenoxy) is 2. The van der Waals surface area contributed by atoms with Crippen LogP contribution in [0.3, 0.4) is 0 Å². The van der Waals surface area contributed by atoms with Crippen LogP contribution in [-0.4, -0.2) is 78.1 Å². The summed E-state index contributed by atoms with van der Waals surface area (Å²) in [5.74, 6) is 0.162. The SMILES string of the molecule is Nc1nc(N)c(C(=O)/N=C2/NC[C@@H](CCCc3ccc(OCC(=O)N4CCOCC4)cc3)N2)nc1Cl. The van der Waals surface area contributed by atoms with E-state index in [-0.39, 0.29) is 41.0 Å². The molecule has 36 heavy (non-hydrogen) atoms. The van der Waals surface area contributed by atoms with E-state index in [4.69, 9.17) is 32.5 Å². The second-order valence-corrected chi connectivity index (χ2v) is 8.80. The summed E-state index contributed by atoms with van der Waals surface area (Å²) in [4.78, 5) is 38.0. The lowest BCUT2D eigenvalue weighted by atomic mass is 10.1. The van der Waals surface area contributed by atoms with Crippen molar-refractivity contribution in [2.45, 2.75) is 25.3 Å². The van der Waals surface area contributed by atoms with E-state index in [1.807, 2.05) is 24.3 Å². The average molecular weight is 517 g/mol. The predicted octanol–water partition coefficient (Wildman–Crippen LogP) is 0.613. The monoisotopic (exact) mass is 516 g/mol. The molecule has 192 valence electrons. The molecule has 0 unspecified atom stereocenters. The van der Waals surface area contributed by atoms with Gasteiger partial charge < -0.3 is 36.5 Å². The fourth-order valence-electron chi connectivity index (χ4n) is 3.87. The molecule has 2 fully saturated rings. The Morgan fingerprint density at radius 1 is 1.17 bits per heavy atom. The van der Waals surface area contributed by atoms with Crippen molar-refractivity contribution in [2.24, 2.45) is 4.99 Å². The number of nitrogens with zero attached hydrogens (tertiary/aromatic N) is 4. The van der Waals surface area contributed by atoms with Gasteiger partial charge in [0.2, 0.25) is 0 Å². The number of benzene rings is 1. The quantitative estimate of drug-likeness (QED) is 0.389. The minimum Gasteiger partial charge on any atom is -0.484 e. The second kappa shape index (κ2) is 11.9. The van der Waals surface area contributed by atoms with E-state index in [9.17, 15) is 9.59 Å². The van der Waals surface area contributed by atoms with Gasteiger partial charge in [-0.1, -0.05) is 23.7 Å². The van der Waals surface area contributed by atoms with Crippen LogP contribution < -0.4 is 26.8 Å². The van der Waals surface area contributed by atoms with Gasteiger partial charge in [0.1, 0.15) is 5.75 Å². The number of aromatic nitrogens is 2. The molecule has 0 saturated carbocycles. The first-order valence-electron chi connectivity index (χ1n) is 11.7. The van der Waals surface area contributed by atoms with E-state index in [2.05, 4.69) is 25.6 Å². The van der Waals surface area contributed by atoms with E-state index >= 15 is 0 Å². The number of aryl methyl sites for hydroxylation is 1. The minimum absolute atomic E-state index is 0.0244. The summed E-state index contributed by atoms with van der Waals surface area (Å²) in [5.41, 5.74) is 12.3. The number of carbonyl (C=O) groups is 2. The molecule has 12 nitrogen and oxygen atoms in total. The number of nitrogen functional groups attached to an aromatic ring is 2. The Kier molecular flexibility index (Phi) is 8.39. The van der Waals surface area contributed by atoms with E-state index in [1.165, 1.54) is 5.56 Å². The molecule has 3 heterocycles. The van der Waals surface area contributed by atoms with Crippen molar-refractivity contribution in [3.8, 4) is 5.75 Å². The summed E-state index contributed by atoms with van der Waals surface area (Å²) in [6.07, 6.45) is 2.69. The number of nitrogens with one attached hydrogen (secondary N) is 2. The van der Waals surface area contributed by atoms with Gasteiger partial charge >= 0.3 is 5.91 Å². The number of aliphatic imine (C=N–C) groups is 1. The molecule has 0 radical (unpaired) electrons. The van der Waals surface area contributed by atoms with Crippen molar-refractivity contribution < 1.29 is 19.1 Å². The number of nitrogens with two attached hydrogens (primary N) is 2. The number of anilines is 2. The molecule has 2 amide bonds. The summed E-state index contributed by atoms with van der Waals surface area (Å²) in [6, 6.07) is 7.90. The van der Waals surface area contributed by atoms with E-state index in [0.29, 0.717) is 44.6 Å². The number of rotatable bonds is 8. The molecule has 0 spiro atoms. The Morgan fingerprint density at radius 3 is 2.67 bits per heavy atom. The van der Waals surface area contributed by atoms with Gasteiger partial charge in [-0.05, 0) is 37.0 Å². The average Bonchev–Trinajstić information content (AvgIpc) is 3.33. The third-order valence-electron chi connectivity index (χ3n) is 5.85. The van der Waals surface area contributed by atoms with Gasteiger partial charge in [-0.25, -0.2) is 9.97 Å². The third kappa shape index (κ3) is 6.73. The molecule has 2 aromatic rings. The number of morpholine rings is 1. The van der Waals surface area contributed by atoms with Gasteiger partial charge in [0.05, 0.1) is 13.2 Å². The standard InChI is InChI=1S/C23H29ClN8O4/c24-19-21(26)30-20(25)18(29-19)22(34)31-23-27-12-15(28-23)3-1-2-14-4-6-16(7-5-14)36-13-17(33)32-8-10-35-11-9-32/h4-7,15H,1-3,8-13H2,(H4,25,26,30)(H2,27,28,31,34)/t15-/m1/s1. The second-order valence-electron chi connectivity index (χ2n) is 8.44. The molecule has 2 aliphatic rings. The molecule has 6 N–H and O–H groups in total. The molecule has 1 atom stereocenters. The van der Waals surface area contributed by atoms with Gasteiger partial charge in [0.15, 0.2) is 35.0 Å². The smallest absolute Gasteiger partial charge is 0.302 e. The van der Waals surface area contributed by atoms with Gasteiger partial charge in [-0.3, -0.25) is 9.59 Å². The maximum atomic E-state index is 12.4. The lowest BCUT2D eigenvalue weighted by Gasteiger charge is -2.26. The predicted molar refractivity (Wildman–Crippen MR) is 135 cm³/mol. The Bertz CT molecular complexity index is 1120. The van der Waals surface area contributed by atoms with Gasteiger partial charge in [-0.15, -0.1) is 0 Å². The zero-order valence-corrected chi connectivity index (χ0v) is 20.5. The highest BCUT2D eigenvalue weighted by molar-refractivity contribution is 6.31. The van der Waals surface area contributed by atoms with E-state index in [0.717, 1.165) is 19.3 Å². The summed E-state index contributed by atoms with van der Waals surface area (Å²) < 4.78 is 10.9. The summed E-state index contributed by atoms with van der Waals surface area (Å²) in [5, 5.41) is 6.17. The van der Waals surface area contributed by atoms with Crippen LogP contribution in [0, 0.1) is 0 Å². The molecule has 1 aromatic carbocycles. The highest BCUT2D eigenvalue weighted by Crippen LogP contribution is 2.18. The Hall–Kier alpha value is -3.64. The number of amides is 2. The molecule has 2 aliphatic heterocycles. The largest absolute Gasteiger partial charge is 0.484 e. The van der Waals surface area contributed by atoms with Crippen molar-refractivity contribution in [3.63, 3.8) is 0 Å². The Balaban J connectivity index is 1.18. The number of carbonyl (C=O) groups excluding carboxylic acids is 2. The van der Waals surface area contributed by atoms with Crippen molar-refractivity contribution in [2.75, 3.05) is 50.9 Å². The zero-order chi connectivity index (χ0) is 25.5. The molecule has 0 bridgehead atoms. The van der Waals surface area contributed by atoms with Crippen LogP contribution in [0.2, 0.25) is 5.15 Å². The van der Waals surface area contributed by atoms with Gasteiger partial charge in [-0.2, -0.15) is 4.99 Å². The van der Waals surface area contributed by atoms with Crippen molar-refractivity contribution in [1.29, 1.82) is 0 Å². The lowest BCUT2D eigenvalue weighted by Crippen LogP contribution is -2.42. The number of hydrogen-bond donors (Lipinski definition) is 4. The van der Waals surface area contributed by atoms with Crippen molar-refractivity contribution in [1.82, 2.24) is 25.5 Å². The van der Waals surface area contributed by atoms with Gasteiger partial charge in [0, 0.05) is 25.7 Å². The molecule has 0 aliphatic carbocycles. The lowest BCUT2D eigenvalue weighted by molar-refractivity contribution is -0.137. The van der Waals surface area contributed by atoms with Crippen molar-refractivity contribution >= 4 is 41.0 Å². The number of hydrogen-bond acceptors (Lipinski definition) is 8. The fourth-order valence-corrected chi connectivity index (χ4v) is 4.00. The highest BCUT2D eigenvalue weighted by atomic mass is 35.5.